The third-order valence-electron chi connectivity index (χ3n) is 11.1. The summed E-state index contributed by atoms with van der Waals surface area (Å²) >= 11 is 0. The Balaban J connectivity index is 1.60. The molecule has 0 unspecified atom stereocenters. The zero-order valence-electron chi connectivity index (χ0n) is 46.5. The molecular weight excluding hydrogens is 1000 g/mol. The summed E-state index contributed by atoms with van der Waals surface area (Å²) in [6, 6.07) is 21.7. The van der Waals surface area contributed by atoms with Gasteiger partial charge in [0, 0.05) is 37.1 Å². The molecule has 8 amide bonds. The number of carbonyl (C=O) groups is 8. The van der Waals surface area contributed by atoms with E-state index in [-0.39, 0.29) is 67.2 Å². The van der Waals surface area contributed by atoms with Crippen molar-refractivity contribution < 1.29 is 66.8 Å². The van der Waals surface area contributed by atoms with Crippen LogP contribution in [0, 0.1) is 13.8 Å². The van der Waals surface area contributed by atoms with Crippen molar-refractivity contribution in [2.75, 3.05) is 19.6 Å². The summed E-state index contributed by atoms with van der Waals surface area (Å²) in [6.07, 6.45) is -4.49. The van der Waals surface area contributed by atoms with Gasteiger partial charge >= 0.3 is 24.4 Å². The minimum absolute atomic E-state index is 0.00465. The number of anilines is 4. The molecule has 0 bridgehead atoms. The third kappa shape index (κ3) is 12.2. The van der Waals surface area contributed by atoms with Crippen LogP contribution in [0.3, 0.4) is 0 Å². The van der Waals surface area contributed by atoms with E-state index in [1.807, 2.05) is 0 Å². The summed E-state index contributed by atoms with van der Waals surface area (Å²) in [4.78, 5) is 127. The lowest BCUT2D eigenvalue weighted by atomic mass is 10.1. The number of hydrogen-bond acceptors (Lipinski definition) is 16. The number of rotatable bonds is 6. The quantitative estimate of drug-likeness (QED) is 0.111. The predicted octanol–water partition coefficient (Wildman–Crippen LogP) is 12.2. The molecule has 0 saturated heterocycles. The monoisotopic (exact) mass is 1070 g/mol. The van der Waals surface area contributed by atoms with E-state index < -0.39 is 93.3 Å². The molecule has 0 aliphatic carbocycles. The highest BCUT2D eigenvalue weighted by Gasteiger charge is 2.43. The Morgan fingerprint density at radius 2 is 0.705 bits per heavy atom. The van der Waals surface area contributed by atoms with Crippen LogP contribution in [0.1, 0.15) is 129 Å². The summed E-state index contributed by atoms with van der Waals surface area (Å²) in [5, 5.41) is -0.742. The van der Waals surface area contributed by atoms with Crippen LogP contribution in [0.25, 0.3) is 0 Å². The largest absolute Gasteiger partial charge is 0.450 e. The standard InChI is InChI=1S/C58H62N6O14/c1-31-27-37-41(29-39(31)63(53(71)77-57(11,12)13)49(67)35-23-19-17-20-24-35)73-47-43(59-37)45(61(33(3)65)51(69)75-55(5,6)7)48-44(46(47)62(34(4)66)52(70)76-56(8,9)10)60-38-28-32(2)40(30-42(38)74-48)64(54(72)78-58(14,15)16)50(68)36-25-21-18-22-26-36/h17-30H,1-16H3. The highest BCUT2D eigenvalue weighted by atomic mass is 16.6. The predicted molar refractivity (Wildman–Crippen MR) is 288 cm³/mol. The van der Waals surface area contributed by atoms with Crippen molar-refractivity contribution in [2.45, 2.75) is 133 Å². The SMILES string of the molecule is CC(=O)N(C(=O)OC(C)(C)C)c1c2c(c(N(C(C)=O)C(=O)OC(C)(C)C)c3c1=Nc1cc(C)c(N(C(=O)OC(C)(C)C)C(=O)c4ccccc4)cc1O3)=Nc1cc(C)c(N(C(=O)OC(C)(C)C)C(=O)c3ccccc3)cc1O2. The van der Waals surface area contributed by atoms with Crippen molar-refractivity contribution in [3.63, 3.8) is 0 Å². The molecule has 0 fully saturated rings. The van der Waals surface area contributed by atoms with Crippen LogP contribution < -0.4 is 39.8 Å². The molecule has 408 valence electrons. The van der Waals surface area contributed by atoms with Crippen LogP contribution in [-0.2, 0) is 28.5 Å². The number of benzene rings is 5. The van der Waals surface area contributed by atoms with Crippen LogP contribution in [0.15, 0.2) is 94.9 Å². The Morgan fingerprint density at radius 3 is 0.974 bits per heavy atom. The molecule has 2 aliphatic heterocycles. The van der Waals surface area contributed by atoms with Gasteiger partial charge in [0.1, 0.15) is 55.9 Å². The van der Waals surface area contributed by atoms with Gasteiger partial charge < -0.3 is 28.4 Å². The van der Waals surface area contributed by atoms with Crippen molar-refractivity contribution in [2.24, 2.45) is 9.98 Å². The Morgan fingerprint density at radius 1 is 0.423 bits per heavy atom. The average molecular weight is 1070 g/mol. The van der Waals surface area contributed by atoms with Gasteiger partial charge in [-0.3, -0.25) is 19.2 Å². The topological polar surface area (TPSA) is 230 Å². The van der Waals surface area contributed by atoms with E-state index in [4.69, 9.17) is 38.4 Å². The first-order valence-corrected chi connectivity index (χ1v) is 24.8. The number of ether oxygens (including phenoxy) is 6. The van der Waals surface area contributed by atoms with Gasteiger partial charge in [-0.15, -0.1) is 0 Å². The molecular formula is C58H62N6O14. The van der Waals surface area contributed by atoms with Crippen molar-refractivity contribution in [3.8, 4) is 23.0 Å². The van der Waals surface area contributed by atoms with Crippen LogP contribution in [0.4, 0.5) is 53.3 Å². The lowest BCUT2D eigenvalue weighted by Crippen LogP contribution is -2.46. The maximum absolute atomic E-state index is 14.6. The Bertz CT molecular complexity index is 3230. The van der Waals surface area contributed by atoms with Gasteiger partial charge in [-0.25, -0.2) is 48.8 Å². The normalized spacial score (nSPS) is 12.4. The van der Waals surface area contributed by atoms with Crippen LogP contribution in [0.2, 0.25) is 0 Å². The molecule has 20 nitrogen and oxygen atoms in total. The van der Waals surface area contributed by atoms with Crippen molar-refractivity contribution >= 4 is 82.1 Å². The number of imide groups is 4. The highest BCUT2D eigenvalue weighted by Crippen LogP contribution is 2.49. The van der Waals surface area contributed by atoms with Gasteiger partial charge in [0.05, 0.1) is 11.4 Å². The molecule has 0 spiro atoms. The first-order valence-electron chi connectivity index (χ1n) is 24.8. The van der Waals surface area contributed by atoms with E-state index in [2.05, 4.69) is 0 Å². The Labute approximate surface area is 451 Å². The number of aryl methyl sites for hydroxylation is 2. The second-order valence-corrected chi connectivity index (χ2v) is 22.3. The van der Waals surface area contributed by atoms with Gasteiger partial charge in [0.25, 0.3) is 11.8 Å². The molecule has 7 rings (SSSR count). The molecule has 0 aromatic heterocycles. The van der Waals surface area contributed by atoms with Gasteiger partial charge in [-0.05, 0) is 144 Å². The number of amides is 8. The first kappa shape index (κ1) is 56.8. The number of carbonyl (C=O) groups excluding carboxylic acids is 8. The summed E-state index contributed by atoms with van der Waals surface area (Å²) in [6.45, 7) is 24.7. The first-order chi connectivity index (χ1) is 36.1. The molecule has 78 heavy (non-hydrogen) atoms. The zero-order chi connectivity index (χ0) is 57.7. The van der Waals surface area contributed by atoms with E-state index in [1.54, 1.807) is 133 Å². The summed E-state index contributed by atoms with van der Waals surface area (Å²) in [5.74, 6) is -4.57. The second-order valence-electron chi connectivity index (χ2n) is 22.3. The lowest BCUT2D eigenvalue weighted by molar-refractivity contribution is -0.117. The maximum atomic E-state index is 14.6. The zero-order valence-corrected chi connectivity index (χ0v) is 46.5. The molecule has 0 N–H and O–H groups in total. The summed E-state index contributed by atoms with van der Waals surface area (Å²) < 4.78 is 36.6. The van der Waals surface area contributed by atoms with Crippen molar-refractivity contribution in [3.05, 3.63) is 118 Å². The minimum atomic E-state index is -1.22. The molecule has 0 radical (unpaired) electrons. The molecule has 5 aromatic carbocycles. The fraction of sp³-hybridized carbons (Fsp3) is 0.345. The lowest BCUT2D eigenvalue weighted by Gasteiger charge is -2.33. The van der Waals surface area contributed by atoms with Gasteiger partial charge in [-0.1, -0.05) is 36.4 Å². The fourth-order valence-electron chi connectivity index (χ4n) is 8.06. The van der Waals surface area contributed by atoms with E-state index in [9.17, 15) is 38.4 Å². The second kappa shape index (κ2) is 20.9. The smallest absolute Gasteiger partial charge is 0.422 e. The average Bonchev–Trinajstić information content (AvgIpc) is 3.49. The Kier molecular flexibility index (Phi) is 15.2. The van der Waals surface area contributed by atoms with Crippen molar-refractivity contribution in [1.82, 2.24) is 0 Å². The van der Waals surface area contributed by atoms with Crippen LogP contribution in [-0.4, -0.2) is 70.4 Å². The van der Waals surface area contributed by atoms with Gasteiger partial charge in [0.15, 0.2) is 23.0 Å². The van der Waals surface area contributed by atoms with E-state index in [0.717, 1.165) is 23.6 Å². The van der Waals surface area contributed by atoms with E-state index in [1.165, 1.54) is 48.5 Å². The highest BCUT2D eigenvalue weighted by molar-refractivity contribution is 6.21. The van der Waals surface area contributed by atoms with Gasteiger partial charge in [-0.2, -0.15) is 0 Å². The molecule has 2 aliphatic rings. The van der Waals surface area contributed by atoms with Gasteiger partial charge in [0.2, 0.25) is 11.8 Å². The van der Waals surface area contributed by atoms with Crippen LogP contribution >= 0.6 is 0 Å². The van der Waals surface area contributed by atoms with E-state index >= 15 is 0 Å². The molecule has 0 atom stereocenters. The minimum Gasteiger partial charge on any atom is -0.450 e. The summed E-state index contributed by atoms with van der Waals surface area (Å²) in [5.41, 5.74) is -4.55. The molecule has 5 aromatic rings. The number of nitrogens with zero attached hydrogens (tertiary/aromatic N) is 6. The van der Waals surface area contributed by atoms with E-state index in [0.29, 0.717) is 9.80 Å². The number of hydrogen-bond donors (Lipinski definition) is 0. The maximum Gasteiger partial charge on any atom is 0.422 e. The third-order valence-corrected chi connectivity index (χ3v) is 11.1. The fourth-order valence-corrected chi connectivity index (χ4v) is 8.06. The summed E-state index contributed by atoms with van der Waals surface area (Å²) in [7, 11) is 0. The van der Waals surface area contributed by atoms with Crippen molar-refractivity contribution in [1.29, 1.82) is 0 Å². The van der Waals surface area contributed by atoms with Crippen LogP contribution in [0.5, 0.6) is 23.0 Å². The molecule has 0 saturated carbocycles. The molecule has 20 heteroatoms. The molecule has 2 heterocycles. The number of fused-ring (bicyclic) bond motifs is 4. The Hall–Kier alpha value is -8.94.